The van der Waals surface area contributed by atoms with Gasteiger partial charge >= 0.3 is 10.1 Å². The van der Waals surface area contributed by atoms with E-state index >= 15 is 0 Å². The summed E-state index contributed by atoms with van der Waals surface area (Å²) in [5.74, 6) is 0. The summed E-state index contributed by atoms with van der Waals surface area (Å²) in [7, 11) is 1.72. The zero-order valence-electron chi connectivity index (χ0n) is 1.72. The van der Waals surface area contributed by atoms with E-state index in [-0.39, 0.29) is 34.7 Å². The molecule has 0 N–H and O–H groups in total. The van der Waals surface area contributed by atoms with Crippen molar-refractivity contribution in [2.75, 3.05) is 0 Å². The third-order valence-corrected chi connectivity index (χ3v) is 0. The Kier molecular flexibility index (Phi) is 162. The number of rotatable bonds is 0. The molecule has 2 radical (unpaired) electrons. The van der Waals surface area contributed by atoms with Crippen LogP contribution in [0.25, 0.3) is 0 Å². The Morgan fingerprint density at radius 2 is 1.00 bits per heavy atom. The summed E-state index contributed by atoms with van der Waals surface area (Å²) < 4.78 is 8.06. The second-order valence-corrected chi connectivity index (χ2v) is 0. The zero-order valence-corrected chi connectivity index (χ0v) is 5.27. The average Bonchev–Trinajstić information content (AvgIpc) is 1.00. The van der Waals surface area contributed by atoms with Gasteiger partial charge in [0.1, 0.15) is 0 Å². The first kappa shape index (κ1) is 19.5. The van der Waals surface area contributed by atoms with Gasteiger partial charge in [0.25, 0.3) is 0 Å². The molecule has 0 aliphatic carbocycles. The molecule has 0 amide bonds. The van der Waals surface area contributed by atoms with Gasteiger partial charge in [0.15, 0.2) is 0 Å². The van der Waals surface area contributed by atoms with Crippen molar-refractivity contribution in [3.05, 3.63) is 0 Å². The second kappa shape index (κ2) is 33.1. The molecule has 0 aromatic heterocycles. The van der Waals surface area contributed by atoms with Crippen molar-refractivity contribution in [2.45, 2.75) is 0 Å². The van der Waals surface area contributed by atoms with Crippen LogP contribution in [0.15, 0.2) is 0 Å². The quantitative estimate of drug-likeness (QED) is 0.423. The van der Waals surface area contributed by atoms with Gasteiger partial charge < -0.3 is 4.46 Å². The Bertz CT molecular complexity index is 6.00. The van der Waals surface area contributed by atoms with E-state index in [1.165, 1.54) is 0 Å². The van der Waals surface area contributed by atoms with E-state index in [4.69, 9.17) is 4.46 Å². The fraction of sp³-hybridized carbons (Fsp3) is 0. The van der Waals surface area contributed by atoms with Crippen LogP contribution in [0.5, 0.6) is 0 Å². The fourth-order valence-electron chi connectivity index (χ4n) is 0. The van der Waals surface area contributed by atoms with E-state index in [2.05, 4.69) is 0 Å². The molecule has 0 unspecified atom stereocenters. The summed E-state index contributed by atoms with van der Waals surface area (Å²) in [4.78, 5) is 0. The molecule has 0 aromatic carbocycles. The van der Waals surface area contributed by atoms with E-state index in [1.54, 1.807) is 10.1 Å². The molecule has 0 bridgehead atoms. The van der Waals surface area contributed by atoms with Crippen LogP contribution in [0, 0.1) is 0 Å². The standard InChI is InChI=1S/2Cr.OSi/c;;1-2. The largest absolute Gasteiger partial charge is 0.381 e. The van der Waals surface area contributed by atoms with Gasteiger partial charge in [-0.1, -0.05) is 0 Å². The van der Waals surface area contributed by atoms with Crippen molar-refractivity contribution >= 4 is 10.1 Å². The molecule has 0 fully saturated rings. The van der Waals surface area contributed by atoms with Gasteiger partial charge in [-0.15, -0.1) is 0 Å². The van der Waals surface area contributed by atoms with Crippen molar-refractivity contribution in [1.29, 1.82) is 0 Å². The first-order valence-corrected chi connectivity index (χ1v) is 0.612. The van der Waals surface area contributed by atoms with Crippen molar-refractivity contribution in [3.8, 4) is 0 Å². The smallest absolute Gasteiger partial charge is 0.381 e. The molecule has 0 aliphatic rings. The zero-order chi connectivity index (χ0) is 2.00. The second-order valence-electron chi connectivity index (χ2n) is 0. The molecule has 0 aliphatic heterocycles. The summed E-state index contributed by atoms with van der Waals surface area (Å²) in [6.07, 6.45) is 0. The Balaban J connectivity index is -0.00000000500. The molecule has 0 heterocycles. The molecule has 4 heteroatoms. The van der Waals surface area contributed by atoms with Crippen LogP contribution in [0.3, 0.4) is 0 Å². The topological polar surface area (TPSA) is 17.1 Å². The maximum Gasteiger partial charge on any atom is 0.381 e. The molecular formula is Cr2OSi. The summed E-state index contributed by atoms with van der Waals surface area (Å²) in [6.45, 7) is 0. The van der Waals surface area contributed by atoms with Crippen LogP contribution < -0.4 is 0 Å². The van der Waals surface area contributed by atoms with Crippen molar-refractivity contribution in [3.63, 3.8) is 0 Å². The summed E-state index contributed by atoms with van der Waals surface area (Å²) in [5, 5.41) is 0. The van der Waals surface area contributed by atoms with Crippen molar-refractivity contribution in [1.82, 2.24) is 0 Å². The minimum absolute atomic E-state index is 0. The first-order valence-electron chi connectivity index (χ1n) is 0.204. The molecule has 0 atom stereocenters. The van der Waals surface area contributed by atoms with Crippen LogP contribution in [0.2, 0.25) is 0 Å². The van der Waals surface area contributed by atoms with Gasteiger partial charge in [-0.05, 0) is 0 Å². The monoisotopic (exact) mass is 148 g/mol. The molecular weight excluding hydrogens is 148 g/mol. The summed E-state index contributed by atoms with van der Waals surface area (Å²) in [6, 6.07) is 0. The van der Waals surface area contributed by atoms with Crippen LogP contribution >= 0.6 is 0 Å². The fourth-order valence-corrected chi connectivity index (χ4v) is 0. The summed E-state index contributed by atoms with van der Waals surface area (Å²) in [5.41, 5.74) is 0. The van der Waals surface area contributed by atoms with E-state index in [1.807, 2.05) is 0 Å². The third kappa shape index (κ3) is 11.4. The van der Waals surface area contributed by atoms with Crippen LogP contribution in [0.4, 0.5) is 0 Å². The number of hydrogen-bond donors (Lipinski definition) is 0. The van der Waals surface area contributed by atoms with Gasteiger partial charge in [-0.25, -0.2) is 0 Å². The molecule has 1 nitrogen and oxygen atoms in total. The van der Waals surface area contributed by atoms with E-state index in [0.717, 1.165) is 0 Å². The average molecular weight is 148 g/mol. The molecule has 0 aromatic rings. The summed E-state index contributed by atoms with van der Waals surface area (Å²) >= 11 is 0. The van der Waals surface area contributed by atoms with Gasteiger partial charge in [-0.3, -0.25) is 0 Å². The Labute approximate surface area is 49.5 Å². The molecule has 0 saturated carbocycles. The minimum atomic E-state index is 0. The molecule has 0 spiro atoms. The first-order chi connectivity index (χ1) is 1.00. The van der Waals surface area contributed by atoms with E-state index < -0.39 is 0 Å². The molecule has 22 valence electrons. The maximum absolute atomic E-state index is 8.06. The molecule has 0 saturated heterocycles. The molecule has 4 heavy (non-hydrogen) atoms. The predicted molar refractivity (Wildman–Crippen MR) is 6.44 cm³/mol. The Morgan fingerprint density at radius 1 is 1.00 bits per heavy atom. The SMILES string of the molecule is O=[Si].[Cr].[Cr]. The van der Waals surface area contributed by atoms with Crippen molar-refractivity contribution < 1.29 is 39.2 Å². The maximum atomic E-state index is 8.06. The van der Waals surface area contributed by atoms with Crippen LogP contribution in [-0.4, -0.2) is 10.1 Å². The minimum Gasteiger partial charge on any atom is -0.381 e. The van der Waals surface area contributed by atoms with Gasteiger partial charge in [0.05, 0.1) is 0 Å². The van der Waals surface area contributed by atoms with Crippen LogP contribution in [0.1, 0.15) is 0 Å². The van der Waals surface area contributed by atoms with Crippen LogP contribution in [-0.2, 0) is 39.2 Å². The molecule has 0 rings (SSSR count). The van der Waals surface area contributed by atoms with Gasteiger partial charge in [-0.2, -0.15) is 0 Å². The normalized spacial score (nSPS) is 1.00. The Morgan fingerprint density at radius 3 is 1.00 bits per heavy atom. The predicted octanol–water partition coefficient (Wildman–Crippen LogP) is -0.505. The van der Waals surface area contributed by atoms with E-state index in [0.29, 0.717) is 0 Å². The third-order valence-electron chi connectivity index (χ3n) is 0. The van der Waals surface area contributed by atoms with Crippen molar-refractivity contribution in [2.24, 2.45) is 0 Å². The van der Waals surface area contributed by atoms with E-state index in [9.17, 15) is 0 Å². The van der Waals surface area contributed by atoms with Gasteiger partial charge in [0.2, 0.25) is 0 Å². The van der Waals surface area contributed by atoms with Gasteiger partial charge in [0, 0.05) is 34.7 Å². The number of hydrogen-bond acceptors (Lipinski definition) is 1. The Hall–Kier alpha value is 1.08.